The van der Waals surface area contributed by atoms with Crippen molar-refractivity contribution in [3.63, 3.8) is 0 Å². The largest absolute Gasteiger partial charge is 0.418 e. The van der Waals surface area contributed by atoms with Crippen LogP contribution >= 0.6 is 0 Å². The van der Waals surface area contributed by atoms with Gasteiger partial charge in [-0.15, -0.1) is 0 Å². The van der Waals surface area contributed by atoms with E-state index < -0.39 is 11.7 Å². The van der Waals surface area contributed by atoms with Crippen LogP contribution in [0.4, 0.5) is 24.5 Å². The van der Waals surface area contributed by atoms with Crippen LogP contribution in [0.25, 0.3) is 0 Å². The lowest BCUT2D eigenvalue weighted by Gasteiger charge is -2.38. The average molecular weight is 274 g/mol. The van der Waals surface area contributed by atoms with Crippen molar-refractivity contribution in [1.29, 1.82) is 0 Å². The molecule has 1 aromatic carbocycles. The highest BCUT2D eigenvalue weighted by Gasteiger charge is 2.36. The normalized spacial score (nSPS) is 24.6. The van der Waals surface area contributed by atoms with Crippen molar-refractivity contribution < 1.29 is 17.9 Å². The summed E-state index contributed by atoms with van der Waals surface area (Å²) >= 11 is 0. The van der Waals surface area contributed by atoms with Gasteiger partial charge in [0.15, 0.2) is 0 Å². The number of hydrogen-bond acceptors (Lipinski definition) is 3. The van der Waals surface area contributed by atoms with Gasteiger partial charge in [-0.25, -0.2) is 0 Å². The number of benzene rings is 1. The number of halogens is 3. The van der Waals surface area contributed by atoms with Crippen LogP contribution in [0.3, 0.4) is 0 Å². The number of nitrogen functional groups attached to an aromatic ring is 1. The summed E-state index contributed by atoms with van der Waals surface area (Å²) in [4.78, 5) is 1.71. The van der Waals surface area contributed by atoms with E-state index in [0.29, 0.717) is 13.1 Å². The first-order chi connectivity index (χ1) is 8.77. The Morgan fingerprint density at radius 2 is 1.79 bits per heavy atom. The molecule has 0 aromatic heterocycles. The standard InChI is InChI=1S/C13H17F3N2O/c1-8-6-18(7-9(2)19-8)12-4-3-10(17)5-11(12)13(14,15)16/h3-5,8-9H,6-7,17H2,1-2H3/t8-,9+. The van der Waals surface area contributed by atoms with Crippen LogP contribution in [-0.2, 0) is 10.9 Å². The average Bonchev–Trinajstić information content (AvgIpc) is 2.26. The molecule has 1 fully saturated rings. The molecule has 0 bridgehead atoms. The topological polar surface area (TPSA) is 38.5 Å². The fraction of sp³-hybridized carbons (Fsp3) is 0.538. The van der Waals surface area contributed by atoms with Gasteiger partial charge in [-0.05, 0) is 32.0 Å². The summed E-state index contributed by atoms with van der Waals surface area (Å²) in [6.45, 7) is 4.59. The van der Waals surface area contributed by atoms with Gasteiger partial charge in [0.25, 0.3) is 0 Å². The van der Waals surface area contributed by atoms with Gasteiger partial charge in [0.2, 0.25) is 0 Å². The van der Waals surface area contributed by atoms with Crippen LogP contribution < -0.4 is 10.6 Å². The maximum atomic E-state index is 13.1. The predicted molar refractivity (Wildman–Crippen MR) is 68.1 cm³/mol. The molecule has 2 N–H and O–H groups in total. The number of morpholine rings is 1. The highest BCUT2D eigenvalue weighted by molar-refractivity contribution is 5.61. The Balaban J connectivity index is 2.39. The summed E-state index contributed by atoms with van der Waals surface area (Å²) in [6, 6.07) is 3.92. The van der Waals surface area contributed by atoms with E-state index >= 15 is 0 Å². The summed E-state index contributed by atoms with van der Waals surface area (Å²) in [7, 11) is 0. The maximum absolute atomic E-state index is 13.1. The fourth-order valence-electron chi connectivity index (χ4n) is 2.43. The third kappa shape index (κ3) is 3.12. The van der Waals surface area contributed by atoms with Crippen molar-refractivity contribution in [2.24, 2.45) is 0 Å². The minimum Gasteiger partial charge on any atom is -0.399 e. The van der Waals surface area contributed by atoms with Crippen molar-refractivity contribution in [2.75, 3.05) is 23.7 Å². The SMILES string of the molecule is C[C@@H]1CN(c2ccc(N)cc2C(F)(F)F)C[C@H](C)O1. The highest BCUT2D eigenvalue weighted by atomic mass is 19.4. The number of nitrogens with zero attached hydrogens (tertiary/aromatic N) is 1. The van der Waals surface area contributed by atoms with E-state index in [1.807, 2.05) is 13.8 Å². The molecule has 0 amide bonds. The molecular weight excluding hydrogens is 257 g/mol. The Bertz CT molecular complexity index is 452. The van der Waals surface area contributed by atoms with Gasteiger partial charge < -0.3 is 15.4 Å². The van der Waals surface area contributed by atoms with Gasteiger partial charge in [-0.3, -0.25) is 0 Å². The third-order valence-corrected chi connectivity index (χ3v) is 3.09. The maximum Gasteiger partial charge on any atom is 0.418 e. The third-order valence-electron chi connectivity index (χ3n) is 3.09. The van der Waals surface area contributed by atoms with Crippen LogP contribution in [0.2, 0.25) is 0 Å². The van der Waals surface area contributed by atoms with E-state index in [1.54, 1.807) is 4.90 Å². The molecule has 1 aliphatic rings. The number of rotatable bonds is 1. The number of alkyl halides is 3. The van der Waals surface area contributed by atoms with E-state index in [9.17, 15) is 13.2 Å². The van der Waals surface area contributed by atoms with Gasteiger partial charge in [-0.1, -0.05) is 0 Å². The van der Waals surface area contributed by atoms with Gasteiger partial charge in [-0.2, -0.15) is 13.2 Å². The summed E-state index contributed by atoms with van der Waals surface area (Å²) in [5.41, 5.74) is 5.07. The van der Waals surface area contributed by atoms with Crippen LogP contribution in [0.5, 0.6) is 0 Å². The fourth-order valence-corrected chi connectivity index (χ4v) is 2.43. The molecular formula is C13H17F3N2O. The second-order valence-corrected chi connectivity index (χ2v) is 4.94. The van der Waals surface area contributed by atoms with Gasteiger partial charge >= 0.3 is 6.18 Å². The molecule has 0 saturated carbocycles. The number of ether oxygens (including phenoxy) is 1. The van der Waals surface area contributed by atoms with E-state index in [4.69, 9.17) is 10.5 Å². The van der Waals surface area contributed by atoms with Gasteiger partial charge in [0, 0.05) is 24.5 Å². The summed E-state index contributed by atoms with van der Waals surface area (Å²) in [5.74, 6) is 0. The molecule has 3 nitrogen and oxygen atoms in total. The first kappa shape index (κ1) is 14.0. The van der Waals surface area contributed by atoms with E-state index in [1.165, 1.54) is 12.1 Å². The van der Waals surface area contributed by atoms with Crippen molar-refractivity contribution in [3.8, 4) is 0 Å². The van der Waals surface area contributed by atoms with Crippen molar-refractivity contribution in [2.45, 2.75) is 32.2 Å². The molecule has 19 heavy (non-hydrogen) atoms. The molecule has 1 aromatic rings. The lowest BCUT2D eigenvalue weighted by molar-refractivity contribution is -0.137. The van der Waals surface area contributed by atoms with Gasteiger partial charge in [0.1, 0.15) is 0 Å². The zero-order valence-electron chi connectivity index (χ0n) is 10.9. The molecule has 0 unspecified atom stereocenters. The monoisotopic (exact) mass is 274 g/mol. The molecule has 106 valence electrons. The smallest absolute Gasteiger partial charge is 0.399 e. The van der Waals surface area contributed by atoms with E-state index in [0.717, 1.165) is 6.07 Å². The van der Waals surface area contributed by atoms with E-state index in [2.05, 4.69) is 0 Å². The molecule has 2 rings (SSSR count). The Morgan fingerprint density at radius 3 is 2.32 bits per heavy atom. The number of nitrogens with two attached hydrogens (primary N) is 1. The molecule has 1 heterocycles. The zero-order chi connectivity index (χ0) is 14.2. The lowest BCUT2D eigenvalue weighted by Crippen LogP contribution is -2.46. The molecule has 0 radical (unpaired) electrons. The Kier molecular flexibility index (Phi) is 3.62. The zero-order valence-corrected chi connectivity index (χ0v) is 10.9. The Hall–Kier alpha value is -1.43. The summed E-state index contributed by atoms with van der Waals surface area (Å²) in [5, 5.41) is 0. The first-order valence-electron chi connectivity index (χ1n) is 6.14. The highest BCUT2D eigenvalue weighted by Crippen LogP contribution is 2.38. The van der Waals surface area contributed by atoms with Crippen LogP contribution in [0, 0.1) is 0 Å². The first-order valence-corrected chi connectivity index (χ1v) is 6.14. The van der Waals surface area contributed by atoms with E-state index in [-0.39, 0.29) is 23.6 Å². The Labute approximate surface area is 110 Å². The molecule has 6 heteroatoms. The van der Waals surface area contributed by atoms with Crippen molar-refractivity contribution in [1.82, 2.24) is 0 Å². The molecule has 0 aliphatic carbocycles. The minimum atomic E-state index is -4.41. The van der Waals surface area contributed by atoms with Gasteiger partial charge in [0.05, 0.1) is 17.8 Å². The van der Waals surface area contributed by atoms with Crippen LogP contribution in [0.15, 0.2) is 18.2 Å². The quantitative estimate of drug-likeness (QED) is 0.800. The van der Waals surface area contributed by atoms with Crippen LogP contribution in [-0.4, -0.2) is 25.3 Å². The minimum absolute atomic E-state index is 0.0950. The summed E-state index contributed by atoms with van der Waals surface area (Å²) in [6.07, 6.45) is -4.60. The molecule has 1 aliphatic heterocycles. The molecule has 0 spiro atoms. The second kappa shape index (κ2) is 4.92. The van der Waals surface area contributed by atoms with Crippen LogP contribution in [0.1, 0.15) is 19.4 Å². The summed E-state index contributed by atoms with van der Waals surface area (Å²) < 4.78 is 44.7. The second-order valence-electron chi connectivity index (χ2n) is 4.94. The number of hydrogen-bond donors (Lipinski definition) is 1. The Morgan fingerprint density at radius 1 is 1.21 bits per heavy atom. The number of anilines is 2. The van der Waals surface area contributed by atoms with Crippen molar-refractivity contribution in [3.05, 3.63) is 23.8 Å². The molecule has 1 saturated heterocycles. The van der Waals surface area contributed by atoms with Crippen molar-refractivity contribution >= 4 is 11.4 Å². The predicted octanol–water partition coefficient (Wildman–Crippen LogP) is 2.90. The lowest BCUT2D eigenvalue weighted by atomic mass is 10.1. The molecule has 2 atom stereocenters.